The summed E-state index contributed by atoms with van der Waals surface area (Å²) in [4.78, 5) is 7.88. The summed E-state index contributed by atoms with van der Waals surface area (Å²) < 4.78 is 4.94. The second-order valence-electron chi connectivity index (χ2n) is 14.3. The van der Waals surface area contributed by atoms with Crippen LogP contribution in [0.2, 0.25) is 0 Å². The number of pyridine rings is 1. The zero-order valence-corrected chi connectivity index (χ0v) is 28.5. The summed E-state index contributed by atoms with van der Waals surface area (Å²) in [6, 6.07) is 59.6. The molecule has 0 aliphatic heterocycles. The van der Waals surface area contributed by atoms with E-state index in [1.807, 2.05) is 0 Å². The first-order chi connectivity index (χ1) is 26.3. The van der Waals surface area contributed by atoms with Crippen molar-refractivity contribution in [3.05, 3.63) is 170 Å². The van der Waals surface area contributed by atoms with E-state index >= 15 is 0 Å². The Labute approximate surface area is 302 Å². The molecule has 5 aromatic heterocycles. The number of nitrogens with zero attached hydrogens (tertiary/aromatic N) is 4. The topological polar surface area (TPSA) is 24.9 Å². The number of benzene rings is 8. The average Bonchev–Trinajstić information content (AvgIpc) is 3.95. The van der Waals surface area contributed by atoms with Crippen LogP contribution in [0.1, 0.15) is 0 Å². The van der Waals surface area contributed by atoms with Crippen LogP contribution >= 0.6 is 0 Å². The Balaban J connectivity index is 1.27. The number of fused-ring (bicyclic) bond motifs is 17. The second-order valence-corrected chi connectivity index (χ2v) is 14.3. The molecule has 4 heteroatoms. The predicted octanol–water partition coefficient (Wildman–Crippen LogP) is 13.2. The summed E-state index contributed by atoms with van der Waals surface area (Å²) in [7, 11) is 0. The Morgan fingerprint density at radius 3 is 1.77 bits per heavy atom. The van der Waals surface area contributed by atoms with Gasteiger partial charge in [0.1, 0.15) is 5.65 Å². The molecular weight excluding hydrogens is 645 g/mol. The third-order valence-electron chi connectivity index (χ3n) is 11.7. The van der Waals surface area contributed by atoms with Crippen molar-refractivity contribution in [2.45, 2.75) is 0 Å². The minimum atomic E-state index is 0.987. The van der Waals surface area contributed by atoms with Crippen molar-refractivity contribution in [2.75, 3.05) is 4.90 Å². The molecule has 0 aliphatic carbocycles. The SMILES string of the molecule is c1ccc(N(c2ccccc2)c2cccc3c4cc5ccccc5c5c6c7c8cccc9c%10c%11ccccc%11ccc%10n(c7cnc6n(c23)c45)c98)cc1. The minimum absolute atomic E-state index is 0.987. The lowest BCUT2D eigenvalue weighted by molar-refractivity contribution is 1.24. The summed E-state index contributed by atoms with van der Waals surface area (Å²) in [6.45, 7) is 0. The zero-order valence-electron chi connectivity index (χ0n) is 28.5. The van der Waals surface area contributed by atoms with Crippen molar-refractivity contribution in [3.8, 4) is 0 Å². The molecule has 0 spiro atoms. The highest BCUT2D eigenvalue weighted by atomic mass is 15.2. The normalized spacial score (nSPS) is 12.5. The Bertz CT molecular complexity index is 3580. The highest BCUT2D eigenvalue weighted by Crippen LogP contribution is 2.50. The van der Waals surface area contributed by atoms with Crippen LogP contribution in [-0.4, -0.2) is 13.8 Å². The lowest BCUT2D eigenvalue weighted by Crippen LogP contribution is -2.10. The van der Waals surface area contributed by atoms with E-state index in [0.29, 0.717) is 0 Å². The van der Waals surface area contributed by atoms with E-state index in [0.717, 1.165) is 33.7 Å². The van der Waals surface area contributed by atoms with Gasteiger partial charge in [-0.05, 0) is 64.0 Å². The monoisotopic (exact) mass is 672 g/mol. The number of para-hydroxylation sites is 4. The van der Waals surface area contributed by atoms with Gasteiger partial charge in [-0.25, -0.2) is 4.98 Å². The van der Waals surface area contributed by atoms with E-state index in [1.165, 1.54) is 81.2 Å². The molecule has 0 saturated carbocycles. The van der Waals surface area contributed by atoms with E-state index in [2.05, 4.69) is 184 Å². The lowest BCUT2D eigenvalue weighted by atomic mass is 9.98. The molecule has 244 valence electrons. The Morgan fingerprint density at radius 1 is 0.377 bits per heavy atom. The molecule has 0 amide bonds. The van der Waals surface area contributed by atoms with Gasteiger partial charge in [0.05, 0.1) is 39.5 Å². The first-order valence-corrected chi connectivity index (χ1v) is 18.2. The van der Waals surface area contributed by atoms with Gasteiger partial charge in [0, 0.05) is 54.5 Å². The van der Waals surface area contributed by atoms with Crippen LogP contribution in [0.25, 0.3) is 97.9 Å². The van der Waals surface area contributed by atoms with Gasteiger partial charge < -0.3 is 9.30 Å². The smallest absolute Gasteiger partial charge is 0.146 e. The van der Waals surface area contributed by atoms with E-state index in [4.69, 9.17) is 4.98 Å². The lowest BCUT2D eigenvalue weighted by Gasteiger charge is -2.26. The van der Waals surface area contributed by atoms with Crippen LogP contribution in [0.15, 0.2) is 170 Å². The summed E-state index contributed by atoms with van der Waals surface area (Å²) in [5.74, 6) is 0. The third kappa shape index (κ3) is 3.34. The van der Waals surface area contributed by atoms with E-state index in [-0.39, 0.29) is 0 Å². The number of hydrogen-bond donors (Lipinski definition) is 0. The Kier molecular flexibility index (Phi) is 5.08. The standard InChI is InChI=1S/C49H28N4/c1-3-15-31(16-4-1)51(32-17-5-2-6-18-32)40-24-12-21-35-38-27-30-14-8-10-20-34(30)44-45-43-37-23-11-22-36-42-33-19-9-7-13-29(33)25-26-39(42)52(46(36)37)41(43)28-50-49(45)53(47(35)40)48(38)44/h1-28H. The van der Waals surface area contributed by atoms with Crippen molar-refractivity contribution in [1.29, 1.82) is 0 Å². The molecule has 0 saturated heterocycles. The number of anilines is 3. The van der Waals surface area contributed by atoms with Gasteiger partial charge in [-0.1, -0.05) is 121 Å². The highest BCUT2D eigenvalue weighted by molar-refractivity contribution is 6.40. The molecule has 13 rings (SSSR count). The molecule has 53 heavy (non-hydrogen) atoms. The van der Waals surface area contributed by atoms with Crippen LogP contribution in [0.3, 0.4) is 0 Å². The third-order valence-corrected chi connectivity index (χ3v) is 11.7. The summed E-state index contributed by atoms with van der Waals surface area (Å²) in [6.07, 6.45) is 2.13. The Hall–Kier alpha value is -7.17. The molecule has 0 fully saturated rings. The van der Waals surface area contributed by atoms with Gasteiger partial charge in [-0.15, -0.1) is 0 Å². The van der Waals surface area contributed by atoms with Crippen LogP contribution in [-0.2, 0) is 0 Å². The largest absolute Gasteiger partial charge is 0.308 e. The summed E-state index contributed by atoms with van der Waals surface area (Å²) in [5, 5.41) is 15.1. The van der Waals surface area contributed by atoms with Gasteiger partial charge in [0.25, 0.3) is 0 Å². The molecular formula is C49H28N4. The van der Waals surface area contributed by atoms with Crippen molar-refractivity contribution >= 4 is 115 Å². The fourth-order valence-electron chi connectivity index (χ4n) is 9.72. The van der Waals surface area contributed by atoms with Crippen molar-refractivity contribution in [3.63, 3.8) is 0 Å². The fourth-order valence-corrected chi connectivity index (χ4v) is 9.72. The van der Waals surface area contributed by atoms with Crippen LogP contribution in [0.5, 0.6) is 0 Å². The first-order valence-electron chi connectivity index (χ1n) is 18.2. The molecule has 0 N–H and O–H groups in total. The molecule has 5 heterocycles. The van der Waals surface area contributed by atoms with Crippen molar-refractivity contribution in [2.24, 2.45) is 0 Å². The van der Waals surface area contributed by atoms with E-state index in [9.17, 15) is 0 Å². The zero-order chi connectivity index (χ0) is 34.4. The molecule has 8 aromatic carbocycles. The number of rotatable bonds is 3. The molecule has 0 atom stereocenters. The first kappa shape index (κ1) is 27.5. The maximum atomic E-state index is 5.49. The summed E-state index contributed by atoms with van der Waals surface area (Å²) in [5.41, 5.74) is 10.3. The van der Waals surface area contributed by atoms with Crippen molar-refractivity contribution in [1.82, 2.24) is 13.8 Å². The molecule has 0 unspecified atom stereocenters. The average molecular weight is 673 g/mol. The predicted molar refractivity (Wildman–Crippen MR) is 223 cm³/mol. The van der Waals surface area contributed by atoms with Crippen molar-refractivity contribution < 1.29 is 0 Å². The van der Waals surface area contributed by atoms with E-state index in [1.54, 1.807) is 0 Å². The van der Waals surface area contributed by atoms with Gasteiger partial charge in [-0.3, -0.25) is 4.40 Å². The highest BCUT2D eigenvalue weighted by Gasteiger charge is 2.28. The van der Waals surface area contributed by atoms with Crippen LogP contribution in [0.4, 0.5) is 17.1 Å². The minimum Gasteiger partial charge on any atom is -0.308 e. The quantitative estimate of drug-likeness (QED) is 0.187. The van der Waals surface area contributed by atoms with E-state index < -0.39 is 0 Å². The fraction of sp³-hybridized carbons (Fsp3) is 0. The second kappa shape index (κ2) is 9.78. The van der Waals surface area contributed by atoms with Gasteiger partial charge >= 0.3 is 0 Å². The molecule has 13 aromatic rings. The van der Waals surface area contributed by atoms with Gasteiger partial charge in [0.2, 0.25) is 0 Å². The van der Waals surface area contributed by atoms with Gasteiger partial charge in [-0.2, -0.15) is 0 Å². The maximum absolute atomic E-state index is 5.49. The molecule has 0 bridgehead atoms. The number of hydrogen-bond acceptors (Lipinski definition) is 2. The molecule has 4 nitrogen and oxygen atoms in total. The Morgan fingerprint density at radius 2 is 1.00 bits per heavy atom. The number of aromatic nitrogens is 3. The summed E-state index contributed by atoms with van der Waals surface area (Å²) >= 11 is 0. The maximum Gasteiger partial charge on any atom is 0.146 e. The van der Waals surface area contributed by atoms with Crippen LogP contribution < -0.4 is 4.90 Å². The van der Waals surface area contributed by atoms with Gasteiger partial charge in [0.15, 0.2) is 0 Å². The molecule has 0 radical (unpaired) electrons. The van der Waals surface area contributed by atoms with Crippen LogP contribution in [0, 0.1) is 0 Å². The molecule has 0 aliphatic rings.